The van der Waals surface area contributed by atoms with E-state index in [4.69, 9.17) is 4.99 Å². The van der Waals surface area contributed by atoms with Crippen LogP contribution in [0.5, 0.6) is 0 Å². The molecule has 0 saturated carbocycles. The molecule has 5 heteroatoms. The van der Waals surface area contributed by atoms with Crippen molar-refractivity contribution in [1.29, 1.82) is 0 Å². The van der Waals surface area contributed by atoms with Gasteiger partial charge in [-0.1, -0.05) is 18.2 Å². The van der Waals surface area contributed by atoms with E-state index in [-0.39, 0.29) is 10.6 Å². The van der Waals surface area contributed by atoms with Crippen molar-refractivity contribution in [2.45, 2.75) is 6.92 Å². The highest BCUT2D eigenvalue weighted by Gasteiger charge is 2.29. The molecule has 0 radical (unpaired) electrons. The Morgan fingerprint density at radius 2 is 1.79 bits per heavy atom. The predicted molar refractivity (Wildman–Crippen MR) is 92.8 cm³/mol. The van der Waals surface area contributed by atoms with E-state index in [1.807, 2.05) is 48.5 Å². The summed E-state index contributed by atoms with van der Waals surface area (Å²) in [6.07, 6.45) is 1.69. The zero-order valence-electron chi connectivity index (χ0n) is 12.9. The topological polar surface area (TPSA) is 68.4 Å². The molecule has 3 aromatic rings. The number of aryl methyl sites for hydroxylation is 1. The second kappa shape index (κ2) is 5.38. The van der Waals surface area contributed by atoms with Gasteiger partial charge in [-0.25, -0.2) is 4.99 Å². The first-order valence-electron chi connectivity index (χ1n) is 7.54. The van der Waals surface area contributed by atoms with Crippen LogP contribution < -0.4 is 0 Å². The molecular weight excluding hydrogens is 302 g/mol. The molecule has 0 fully saturated rings. The van der Waals surface area contributed by atoms with Gasteiger partial charge in [0.2, 0.25) is 0 Å². The van der Waals surface area contributed by atoms with Crippen LogP contribution in [0.15, 0.2) is 65.8 Å². The maximum absolute atomic E-state index is 11.3. The Kier molecular flexibility index (Phi) is 3.20. The number of nitrogens with zero attached hydrogens (tertiary/aromatic N) is 3. The molecule has 0 amide bonds. The zero-order valence-corrected chi connectivity index (χ0v) is 12.9. The highest BCUT2D eigenvalue weighted by Crippen LogP contribution is 2.39. The molecule has 1 aliphatic carbocycles. The molecule has 0 aliphatic heterocycles. The average molecular weight is 315 g/mol. The Morgan fingerprint density at radius 1 is 1.00 bits per heavy atom. The van der Waals surface area contributed by atoms with Crippen LogP contribution in [0.1, 0.15) is 16.7 Å². The van der Waals surface area contributed by atoms with E-state index < -0.39 is 0 Å². The van der Waals surface area contributed by atoms with Gasteiger partial charge in [0.15, 0.2) is 0 Å². The standard InChI is InChI=1S/C19H13N3O2/c1-12-10-15-16(11-17(12)22(23)24)18-14(8-5-9-20-18)19(15)21-13-6-3-2-4-7-13/h2-11H,1H3. The van der Waals surface area contributed by atoms with E-state index in [0.717, 1.165) is 33.8 Å². The molecule has 0 unspecified atom stereocenters. The number of nitro groups is 1. The van der Waals surface area contributed by atoms with Crippen molar-refractivity contribution >= 4 is 17.1 Å². The van der Waals surface area contributed by atoms with Crippen molar-refractivity contribution < 1.29 is 4.92 Å². The van der Waals surface area contributed by atoms with Gasteiger partial charge in [0, 0.05) is 34.5 Å². The fraction of sp³-hybridized carbons (Fsp3) is 0.0526. The summed E-state index contributed by atoms with van der Waals surface area (Å²) in [6.45, 7) is 1.75. The molecule has 24 heavy (non-hydrogen) atoms. The molecular formula is C19H13N3O2. The van der Waals surface area contributed by atoms with Crippen molar-refractivity contribution in [2.75, 3.05) is 0 Å². The number of para-hydroxylation sites is 1. The summed E-state index contributed by atoms with van der Waals surface area (Å²) < 4.78 is 0. The van der Waals surface area contributed by atoms with Gasteiger partial charge >= 0.3 is 0 Å². The fourth-order valence-electron chi connectivity index (χ4n) is 2.99. The van der Waals surface area contributed by atoms with Crippen molar-refractivity contribution in [1.82, 2.24) is 4.98 Å². The van der Waals surface area contributed by atoms with E-state index in [2.05, 4.69) is 4.98 Å². The highest BCUT2D eigenvalue weighted by atomic mass is 16.6. The smallest absolute Gasteiger partial charge is 0.258 e. The minimum absolute atomic E-state index is 0.103. The minimum atomic E-state index is -0.357. The summed E-state index contributed by atoms with van der Waals surface area (Å²) >= 11 is 0. The highest BCUT2D eigenvalue weighted by molar-refractivity contribution is 6.24. The molecule has 1 heterocycles. The number of aliphatic imine (C=N–C) groups is 1. The molecule has 4 rings (SSSR count). The van der Waals surface area contributed by atoms with Gasteiger partial charge in [-0.2, -0.15) is 0 Å². The SMILES string of the molecule is Cc1cc2c(cc1[N+](=O)[O-])-c1ncccc1C2=Nc1ccccc1. The van der Waals surface area contributed by atoms with Gasteiger partial charge in [-0.15, -0.1) is 0 Å². The number of pyridine rings is 1. The van der Waals surface area contributed by atoms with Crippen LogP contribution in [0.25, 0.3) is 11.3 Å². The van der Waals surface area contributed by atoms with Gasteiger partial charge in [-0.3, -0.25) is 15.1 Å². The maximum Gasteiger partial charge on any atom is 0.273 e. The third kappa shape index (κ3) is 2.18. The molecule has 0 saturated heterocycles. The molecule has 0 atom stereocenters. The Balaban J connectivity index is 2.00. The van der Waals surface area contributed by atoms with Crippen LogP contribution >= 0.6 is 0 Å². The Hall–Kier alpha value is -3.34. The molecule has 0 bridgehead atoms. The first-order valence-corrected chi connectivity index (χ1v) is 7.54. The zero-order chi connectivity index (χ0) is 16.7. The summed E-state index contributed by atoms with van der Waals surface area (Å²) in [5, 5.41) is 11.3. The van der Waals surface area contributed by atoms with Gasteiger partial charge < -0.3 is 0 Å². The second-order valence-corrected chi connectivity index (χ2v) is 5.64. The summed E-state index contributed by atoms with van der Waals surface area (Å²) in [5.74, 6) is 0. The van der Waals surface area contributed by atoms with Gasteiger partial charge in [0.1, 0.15) is 0 Å². The molecule has 0 spiro atoms. The lowest BCUT2D eigenvalue weighted by Crippen LogP contribution is -1.99. The normalized spacial score (nSPS) is 13.6. The molecule has 1 aromatic heterocycles. The summed E-state index contributed by atoms with van der Waals surface area (Å²) in [7, 11) is 0. The van der Waals surface area contributed by atoms with Crippen LogP contribution in [-0.2, 0) is 0 Å². The van der Waals surface area contributed by atoms with E-state index >= 15 is 0 Å². The lowest BCUT2D eigenvalue weighted by Gasteiger charge is -2.04. The van der Waals surface area contributed by atoms with E-state index in [9.17, 15) is 10.1 Å². The quantitative estimate of drug-likeness (QED) is 0.405. The maximum atomic E-state index is 11.3. The molecule has 5 nitrogen and oxygen atoms in total. The first-order chi connectivity index (χ1) is 11.6. The number of hydrogen-bond acceptors (Lipinski definition) is 4. The van der Waals surface area contributed by atoms with Gasteiger partial charge in [-0.05, 0) is 37.3 Å². The monoisotopic (exact) mass is 315 g/mol. The Bertz CT molecular complexity index is 995. The van der Waals surface area contributed by atoms with Gasteiger partial charge in [0.05, 0.1) is 22.0 Å². The molecule has 116 valence electrons. The number of nitro benzene ring substituents is 1. The Morgan fingerprint density at radius 3 is 2.54 bits per heavy atom. The molecule has 0 N–H and O–H groups in total. The lowest BCUT2D eigenvalue weighted by molar-refractivity contribution is -0.385. The number of rotatable bonds is 2. The first kappa shape index (κ1) is 14.3. The van der Waals surface area contributed by atoms with Crippen molar-refractivity contribution in [2.24, 2.45) is 4.99 Å². The van der Waals surface area contributed by atoms with Crippen LogP contribution in [0.4, 0.5) is 11.4 Å². The summed E-state index contributed by atoms with van der Waals surface area (Å²) in [5.41, 5.74) is 5.65. The lowest BCUT2D eigenvalue weighted by atomic mass is 10.0. The van der Waals surface area contributed by atoms with Crippen LogP contribution in [0, 0.1) is 17.0 Å². The van der Waals surface area contributed by atoms with Crippen molar-refractivity contribution in [3.63, 3.8) is 0 Å². The van der Waals surface area contributed by atoms with Crippen molar-refractivity contribution in [3.8, 4) is 11.3 Å². The number of fused-ring (bicyclic) bond motifs is 3. The third-order valence-corrected chi connectivity index (χ3v) is 4.10. The minimum Gasteiger partial charge on any atom is -0.258 e. The van der Waals surface area contributed by atoms with E-state index in [0.29, 0.717) is 5.56 Å². The average Bonchev–Trinajstić information content (AvgIpc) is 2.88. The van der Waals surface area contributed by atoms with Crippen LogP contribution in [-0.4, -0.2) is 15.6 Å². The second-order valence-electron chi connectivity index (χ2n) is 5.64. The fourth-order valence-corrected chi connectivity index (χ4v) is 2.99. The summed E-state index contributed by atoms with van der Waals surface area (Å²) in [6, 6.07) is 16.9. The molecule has 1 aliphatic rings. The largest absolute Gasteiger partial charge is 0.273 e. The predicted octanol–water partition coefficient (Wildman–Crippen LogP) is 4.45. The van der Waals surface area contributed by atoms with E-state index in [1.54, 1.807) is 19.2 Å². The number of aromatic nitrogens is 1. The van der Waals surface area contributed by atoms with Crippen LogP contribution in [0.2, 0.25) is 0 Å². The number of benzene rings is 2. The third-order valence-electron chi connectivity index (χ3n) is 4.10. The van der Waals surface area contributed by atoms with Gasteiger partial charge in [0.25, 0.3) is 5.69 Å². The summed E-state index contributed by atoms with van der Waals surface area (Å²) in [4.78, 5) is 20.1. The Labute approximate surface area is 138 Å². The van der Waals surface area contributed by atoms with Crippen molar-refractivity contribution in [3.05, 3.63) is 87.6 Å². The molecule has 2 aromatic carbocycles. The number of hydrogen-bond donors (Lipinski definition) is 0. The van der Waals surface area contributed by atoms with E-state index in [1.165, 1.54) is 0 Å². The van der Waals surface area contributed by atoms with Crippen LogP contribution in [0.3, 0.4) is 0 Å².